The molecule has 1 unspecified atom stereocenters. The second-order valence-corrected chi connectivity index (χ2v) is 3.62. The average Bonchev–Trinajstić information content (AvgIpc) is 2.36. The van der Waals surface area contributed by atoms with Gasteiger partial charge in [0.25, 0.3) is 0 Å². The molecule has 6 nitrogen and oxygen atoms in total. The van der Waals surface area contributed by atoms with Crippen LogP contribution in [-0.4, -0.2) is 42.9 Å². The van der Waals surface area contributed by atoms with Gasteiger partial charge in [-0.2, -0.15) is 4.98 Å². The van der Waals surface area contributed by atoms with Crippen molar-refractivity contribution in [3.8, 4) is 5.88 Å². The number of anilines is 1. The maximum Gasteiger partial charge on any atom is 0.234 e. The van der Waals surface area contributed by atoms with Crippen molar-refractivity contribution in [2.24, 2.45) is 5.73 Å². The normalized spacial score (nSPS) is 12.2. The minimum atomic E-state index is 0.0238. The van der Waals surface area contributed by atoms with Crippen LogP contribution in [0, 0.1) is 0 Å². The second kappa shape index (κ2) is 7.81. The predicted octanol–water partition coefficient (Wildman–Crippen LogP) is 0.651. The molecule has 0 aliphatic rings. The molecule has 1 heterocycles. The van der Waals surface area contributed by atoms with Crippen molar-refractivity contribution in [2.45, 2.75) is 19.4 Å². The van der Waals surface area contributed by atoms with E-state index in [2.05, 4.69) is 15.3 Å². The van der Waals surface area contributed by atoms with E-state index in [4.69, 9.17) is 15.2 Å². The van der Waals surface area contributed by atoms with Gasteiger partial charge in [0.15, 0.2) is 0 Å². The summed E-state index contributed by atoms with van der Waals surface area (Å²) in [5.41, 5.74) is 5.60. The molecular weight excluding hydrogens is 220 g/mol. The Morgan fingerprint density at radius 2 is 2.29 bits per heavy atom. The smallest absolute Gasteiger partial charge is 0.234 e. The van der Waals surface area contributed by atoms with Gasteiger partial charge in [0.05, 0.1) is 31.6 Å². The fourth-order valence-corrected chi connectivity index (χ4v) is 1.27. The highest BCUT2D eigenvalue weighted by molar-refractivity contribution is 5.34. The van der Waals surface area contributed by atoms with Crippen molar-refractivity contribution >= 4 is 5.82 Å². The molecule has 0 saturated heterocycles. The number of nitrogens with one attached hydrogen (secondary N) is 1. The molecule has 0 fully saturated rings. The lowest BCUT2D eigenvalue weighted by Crippen LogP contribution is -2.33. The zero-order valence-electron chi connectivity index (χ0n) is 10.3. The molecule has 0 amide bonds. The summed E-state index contributed by atoms with van der Waals surface area (Å²) in [6, 6.07) is 0.0238. The van der Waals surface area contributed by atoms with Crippen LogP contribution in [-0.2, 0) is 4.74 Å². The van der Waals surface area contributed by atoms with Crippen LogP contribution in [0.5, 0.6) is 5.88 Å². The maximum atomic E-state index is 5.60. The van der Waals surface area contributed by atoms with E-state index in [0.717, 1.165) is 6.42 Å². The Morgan fingerprint density at radius 3 is 2.94 bits per heavy atom. The van der Waals surface area contributed by atoms with E-state index >= 15 is 0 Å². The first kappa shape index (κ1) is 13.7. The van der Waals surface area contributed by atoms with Crippen molar-refractivity contribution in [1.82, 2.24) is 9.97 Å². The van der Waals surface area contributed by atoms with Gasteiger partial charge in [0.1, 0.15) is 5.82 Å². The largest absolute Gasteiger partial charge is 0.477 e. The third kappa shape index (κ3) is 4.97. The first-order valence-electron chi connectivity index (χ1n) is 5.70. The van der Waals surface area contributed by atoms with Gasteiger partial charge >= 0.3 is 0 Å². The molecule has 0 bridgehead atoms. The van der Waals surface area contributed by atoms with Gasteiger partial charge in [0.2, 0.25) is 5.88 Å². The van der Waals surface area contributed by atoms with Crippen molar-refractivity contribution < 1.29 is 9.47 Å². The summed E-state index contributed by atoms with van der Waals surface area (Å²) in [6.45, 7) is 3.67. The summed E-state index contributed by atoms with van der Waals surface area (Å²) >= 11 is 0. The zero-order valence-corrected chi connectivity index (χ0v) is 10.3. The Hall–Kier alpha value is -1.40. The Kier molecular flexibility index (Phi) is 6.27. The van der Waals surface area contributed by atoms with E-state index < -0.39 is 0 Å². The fourth-order valence-electron chi connectivity index (χ4n) is 1.27. The topological polar surface area (TPSA) is 82.3 Å². The molecule has 0 aliphatic carbocycles. The lowest BCUT2D eigenvalue weighted by atomic mass is 10.3. The van der Waals surface area contributed by atoms with Crippen LogP contribution in [0.25, 0.3) is 0 Å². The Labute approximate surface area is 102 Å². The minimum Gasteiger partial charge on any atom is -0.477 e. The van der Waals surface area contributed by atoms with E-state index in [1.54, 1.807) is 19.5 Å². The average molecular weight is 240 g/mol. The number of rotatable bonds is 8. The molecule has 1 rings (SSSR count). The highest BCUT2D eigenvalue weighted by Gasteiger charge is 2.07. The van der Waals surface area contributed by atoms with Gasteiger partial charge < -0.3 is 20.5 Å². The van der Waals surface area contributed by atoms with Crippen LogP contribution in [0.15, 0.2) is 12.4 Å². The van der Waals surface area contributed by atoms with E-state index in [1.165, 1.54) is 0 Å². The number of nitrogens with zero attached hydrogens (tertiary/aromatic N) is 2. The monoisotopic (exact) mass is 240 g/mol. The lowest BCUT2D eigenvalue weighted by Gasteiger charge is -2.16. The van der Waals surface area contributed by atoms with Gasteiger partial charge in [-0.1, -0.05) is 6.92 Å². The molecule has 3 N–H and O–H groups in total. The van der Waals surface area contributed by atoms with Crippen molar-refractivity contribution in [3.05, 3.63) is 12.4 Å². The third-order valence-corrected chi connectivity index (χ3v) is 2.07. The van der Waals surface area contributed by atoms with Crippen molar-refractivity contribution in [1.29, 1.82) is 0 Å². The fraction of sp³-hybridized carbons (Fsp3) is 0.636. The quantitative estimate of drug-likeness (QED) is 0.694. The molecule has 1 atom stereocenters. The summed E-state index contributed by atoms with van der Waals surface area (Å²) in [4.78, 5) is 8.33. The molecule has 17 heavy (non-hydrogen) atoms. The maximum absolute atomic E-state index is 5.60. The predicted molar refractivity (Wildman–Crippen MR) is 66.2 cm³/mol. The number of hydrogen-bond acceptors (Lipinski definition) is 6. The summed E-state index contributed by atoms with van der Waals surface area (Å²) < 4.78 is 10.4. The molecule has 0 radical (unpaired) electrons. The van der Waals surface area contributed by atoms with Crippen molar-refractivity contribution in [2.75, 3.05) is 32.2 Å². The standard InChI is InChI=1S/C11H20N4O2/c1-3-4-17-11-7-13-6-10(15-11)14-9(5-12)8-16-2/h6-7,9H,3-5,8,12H2,1-2H3,(H,14,15). The van der Waals surface area contributed by atoms with Crippen LogP contribution in [0.3, 0.4) is 0 Å². The van der Waals surface area contributed by atoms with Gasteiger partial charge in [-0.05, 0) is 6.42 Å². The number of nitrogens with two attached hydrogens (primary N) is 1. The zero-order chi connectivity index (χ0) is 12.5. The van der Waals surface area contributed by atoms with Crippen LogP contribution < -0.4 is 15.8 Å². The summed E-state index contributed by atoms with van der Waals surface area (Å²) in [7, 11) is 1.64. The number of hydrogen-bond donors (Lipinski definition) is 2. The second-order valence-electron chi connectivity index (χ2n) is 3.62. The van der Waals surface area contributed by atoms with Crippen LogP contribution >= 0.6 is 0 Å². The molecule has 0 saturated carbocycles. The van der Waals surface area contributed by atoms with Gasteiger partial charge in [0, 0.05) is 13.7 Å². The minimum absolute atomic E-state index is 0.0238. The lowest BCUT2D eigenvalue weighted by molar-refractivity contribution is 0.187. The first-order chi connectivity index (χ1) is 8.30. The summed E-state index contributed by atoms with van der Waals surface area (Å²) in [5.74, 6) is 1.16. The number of aromatic nitrogens is 2. The Bertz CT molecular complexity index is 322. The van der Waals surface area contributed by atoms with E-state index in [-0.39, 0.29) is 6.04 Å². The molecule has 6 heteroatoms. The number of methoxy groups -OCH3 is 1. The SMILES string of the molecule is CCCOc1cncc(NC(CN)COC)n1. The van der Waals surface area contributed by atoms with E-state index in [1.807, 2.05) is 6.92 Å². The number of ether oxygens (including phenoxy) is 2. The van der Waals surface area contributed by atoms with Crippen LogP contribution in [0.2, 0.25) is 0 Å². The molecule has 0 spiro atoms. The van der Waals surface area contributed by atoms with Gasteiger partial charge in [-0.15, -0.1) is 0 Å². The summed E-state index contributed by atoms with van der Waals surface area (Å²) in [5, 5.41) is 3.14. The Morgan fingerprint density at radius 1 is 1.47 bits per heavy atom. The highest BCUT2D eigenvalue weighted by Crippen LogP contribution is 2.10. The molecular formula is C11H20N4O2. The first-order valence-corrected chi connectivity index (χ1v) is 5.70. The van der Waals surface area contributed by atoms with E-state index in [9.17, 15) is 0 Å². The Balaban J connectivity index is 2.57. The third-order valence-electron chi connectivity index (χ3n) is 2.07. The molecule has 1 aromatic heterocycles. The van der Waals surface area contributed by atoms with Crippen LogP contribution in [0.1, 0.15) is 13.3 Å². The van der Waals surface area contributed by atoms with Crippen molar-refractivity contribution in [3.63, 3.8) is 0 Å². The molecule has 1 aromatic rings. The van der Waals surface area contributed by atoms with Gasteiger partial charge in [-0.3, -0.25) is 4.98 Å². The molecule has 0 aromatic carbocycles. The molecule has 96 valence electrons. The molecule has 0 aliphatic heterocycles. The summed E-state index contributed by atoms with van der Waals surface area (Å²) in [6.07, 6.45) is 4.17. The van der Waals surface area contributed by atoms with Crippen LogP contribution in [0.4, 0.5) is 5.82 Å². The van der Waals surface area contributed by atoms with E-state index in [0.29, 0.717) is 31.5 Å². The highest BCUT2D eigenvalue weighted by atomic mass is 16.5. The van der Waals surface area contributed by atoms with Gasteiger partial charge in [-0.25, -0.2) is 0 Å².